The number of rotatable bonds is 4. The van der Waals surface area contributed by atoms with Gasteiger partial charge in [-0.3, -0.25) is 4.99 Å². The van der Waals surface area contributed by atoms with Crippen LogP contribution >= 0.6 is 0 Å². The van der Waals surface area contributed by atoms with E-state index >= 15 is 0 Å². The lowest BCUT2D eigenvalue weighted by Gasteiger charge is -2.35. The molecule has 2 aliphatic rings. The van der Waals surface area contributed by atoms with Crippen LogP contribution in [0.25, 0.3) is 0 Å². The van der Waals surface area contributed by atoms with Crippen LogP contribution < -0.4 is 0 Å². The van der Waals surface area contributed by atoms with E-state index in [2.05, 4.69) is 27.4 Å². The fraction of sp³-hybridized carbons (Fsp3) is 0.789. The molecule has 0 aliphatic heterocycles. The van der Waals surface area contributed by atoms with Gasteiger partial charge in [0.2, 0.25) is 0 Å². The lowest BCUT2D eigenvalue weighted by molar-refractivity contribution is -0.156. The van der Waals surface area contributed by atoms with E-state index in [0.29, 0.717) is 12.3 Å². The van der Waals surface area contributed by atoms with E-state index in [4.69, 9.17) is 9.73 Å². The summed E-state index contributed by atoms with van der Waals surface area (Å²) in [5.41, 5.74) is 1.14. The molecule has 2 fully saturated rings. The van der Waals surface area contributed by atoms with Crippen LogP contribution in [0, 0.1) is 16.7 Å². The Morgan fingerprint density at radius 3 is 2.50 bits per heavy atom. The summed E-state index contributed by atoms with van der Waals surface area (Å²) in [6, 6.07) is -0.446. The lowest BCUT2D eigenvalue weighted by Crippen LogP contribution is -2.35. The second-order valence-electron chi connectivity index (χ2n) is 8.64. The number of hydrogen-bond acceptors (Lipinski definition) is 3. The van der Waals surface area contributed by atoms with Crippen LogP contribution in [0.3, 0.4) is 0 Å². The Labute approximate surface area is 135 Å². The topological polar surface area (TPSA) is 38.7 Å². The van der Waals surface area contributed by atoms with E-state index in [1.165, 1.54) is 18.6 Å². The number of esters is 1. The molecule has 3 heteroatoms. The molecule has 0 radical (unpaired) electrons. The molecule has 2 bridgehead atoms. The highest BCUT2D eigenvalue weighted by molar-refractivity contribution is 5.96. The molecule has 3 nitrogen and oxygen atoms in total. The first-order valence-electron chi connectivity index (χ1n) is 8.42. The molecule has 0 amide bonds. The van der Waals surface area contributed by atoms with E-state index in [1.54, 1.807) is 6.08 Å². The molecule has 0 heterocycles. The molecule has 3 atom stereocenters. The van der Waals surface area contributed by atoms with Crippen LogP contribution in [0.1, 0.15) is 67.2 Å². The summed E-state index contributed by atoms with van der Waals surface area (Å²) in [7, 11) is 0. The number of nitrogens with zero attached hydrogens (tertiary/aromatic N) is 1. The summed E-state index contributed by atoms with van der Waals surface area (Å²) in [5, 5.41) is 0. The summed E-state index contributed by atoms with van der Waals surface area (Å²) in [4.78, 5) is 17.3. The normalized spacial score (nSPS) is 33.0. The van der Waals surface area contributed by atoms with Crippen LogP contribution in [-0.2, 0) is 9.53 Å². The number of fused-ring (bicyclic) bond motifs is 2. The highest BCUT2D eigenvalue weighted by atomic mass is 16.6. The van der Waals surface area contributed by atoms with Crippen molar-refractivity contribution in [2.24, 2.45) is 21.7 Å². The zero-order valence-electron chi connectivity index (χ0n) is 15.0. The van der Waals surface area contributed by atoms with Gasteiger partial charge in [-0.1, -0.05) is 26.8 Å². The van der Waals surface area contributed by atoms with Gasteiger partial charge >= 0.3 is 5.97 Å². The minimum Gasteiger partial charge on any atom is -0.458 e. The van der Waals surface area contributed by atoms with Gasteiger partial charge in [0.1, 0.15) is 5.60 Å². The maximum atomic E-state index is 12.4. The predicted octanol–water partition coefficient (Wildman–Crippen LogP) is 4.56. The van der Waals surface area contributed by atoms with Gasteiger partial charge in [-0.25, -0.2) is 4.79 Å². The lowest BCUT2D eigenvalue weighted by atomic mass is 9.70. The summed E-state index contributed by atoms with van der Waals surface area (Å²) >= 11 is 0. The predicted molar refractivity (Wildman–Crippen MR) is 91.1 cm³/mol. The Morgan fingerprint density at radius 1 is 1.45 bits per heavy atom. The molecule has 22 heavy (non-hydrogen) atoms. The first kappa shape index (κ1) is 17.2. The largest absolute Gasteiger partial charge is 0.458 e. The Bertz CT molecular complexity index is 498. The average molecular weight is 305 g/mol. The molecule has 0 aromatic carbocycles. The summed E-state index contributed by atoms with van der Waals surface area (Å²) in [6.45, 7) is 16.5. The second kappa shape index (κ2) is 5.50. The monoisotopic (exact) mass is 305 g/mol. The first-order valence-corrected chi connectivity index (χ1v) is 8.42. The SMILES string of the molecule is C=CC[C@@H](N=C1C[C@H]2CC[C@]1(C)C2(C)C)C(=O)OC(C)(C)C. The molecule has 2 aliphatic carbocycles. The third kappa shape index (κ3) is 2.87. The number of aliphatic imine (C=N–C) groups is 1. The second-order valence-corrected chi connectivity index (χ2v) is 8.64. The summed E-state index contributed by atoms with van der Waals surface area (Å²) in [5.74, 6) is 0.461. The van der Waals surface area contributed by atoms with Crippen molar-refractivity contribution >= 4 is 11.7 Å². The van der Waals surface area contributed by atoms with Crippen molar-refractivity contribution in [1.29, 1.82) is 0 Å². The zero-order chi connectivity index (χ0) is 16.8. The molecule has 124 valence electrons. The maximum Gasteiger partial charge on any atom is 0.331 e. The number of hydrogen-bond donors (Lipinski definition) is 0. The van der Waals surface area contributed by atoms with Gasteiger partial charge in [0.15, 0.2) is 6.04 Å². The Morgan fingerprint density at radius 2 is 2.09 bits per heavy atom. The van der Waals surface area contributed by atoms with Crippen molar-refractivity contribution in [2.45, 2.75) is 78.9 Å². The summed E-state index contributed by atoms with van der Waals surface area (Å²) < 4.78 is 5.53. The van der Waals surface area contributed by atoms with Crippen molar-refractivity contribution in [3.63, 3.8) is 0 Å². The fourth-order valence-corrected chi connectivity index (χ4v) is 4.04. The van der Waals surface area contributed by atoms with Gasteiger partial charge in [-0.15, -0.1) is 6.58 Å². The number of carbonyl (C=O) groups excluding carboxylic acids is 1. The molecule has 0 spiro atoms. The van der Waals surface area contributed by atoms with Crippen LogP contribution in [0.5, 0.6) is 0 Å². The molecule has 0 aromatic heterocycles. The average Bonchev–Trinajstić information content (AvgIpc) is 2.69. The van der Waals surface area contributed by atoms with E-state index in [0.717, 1.165) is 6.42 Å². The number of carbonyl (C=O) groups is 1. The van der Waals surface area contributed by atoms with Crippen molar-refractivity contribution in [3.05, 3.63) is 12.7 Å². The van der Waals surface area contributed by atoms with E-state index in [-0.39, 0.29) is 16.8 Å². The van der Waals surface area contributed by atoms with Crippen molar-refractivity contribution in [3.8, 4) is 0 Å². The highest BCUT2D eigenvalue weighted by Crippen LogP contribution is 2.64. The van der Waals surface area contributed by atoms with Crippen LogP contribution in [-0.4, -0.2) is 23.3 Å². The molecule has 2 saturated carbocycles. The molecule has 2 rings (SSSR count). The minimum absolute atomic E-state index is 0.124. The van der Waals surface area contributed by atoms with E-state index < -0.39 is 11.6 Å². The highest BCUT2D eigenvalue weighted by Gasteiger charge is 2.59. The van der Waals surface area contributed by atoms with Gasteiger partial charge in [0, 0.05) is 11.1 Å². The third-order valence-electron chi connectivity index (χ3n) is 5.89. The van der Waals surface area contributed by atoms with Crippen molar-refractivity contribution < 1.29 is 9.53 Å². The molecule has 0 saturated heterocycles. The van der Waals surface area contributed by atoms with Gasteiger partial charge in [0.25, 0.3) is 0 Å². The van der Waals surface area contributed by atoms with Crippen molar-refractivity contribution in [1.82, 2.24) is 0 Å². The maximum absolute atomic E-state index is 12.4. The quantitative estimate of drug-likeness (QED) is 0.564. The molecule has 0 aromatic rings. The fourth-order valence-electron chi connectivity index (χ4n) is 4.04. The molecular weight excluding hydrogens is 274 g/mol. The third-order valence-corrected chi connectivity index (χ3v) is 5.89. The van der Waals surface area contributed by atoms with Gasteiger partial charge in [-0.05, 0) is 57.8 Å². The molecule has 0 N–H and O–H groups in total. The summed E-state index contributed by atoms with van der Waals surface area (Å²) in [6.07, 6.45) is 5.79. The van der Waals surface area contributed by atoms with Gasteiger partial charge < -0.3 is 4.74 Å². The Balaban J connectivity index is 2.25. The first-order chi connectivity index (χ1) is 10.0. The minimum atomic E-state index is -0.478. The van der Waals surface area contributed by atoms with Crippen LogP contribution in [0.2, 0.25) is 0 Å². The molecular formula is C19H31NO2. The smallest absolute Gasteiger partial charge is 0.331 e. The standard InChI is InChI=1S/C19H31NO2/c1-8-9-14(16(21)22-17(2,3)4)20-15-12-13-10-11-19(15,7)18(13,5)6/h8,13-14H,1,9-12H2,2-7H3/t13-,14-,19+/m1/s1. The van der Waals surface area contributed by atoms with Gasteiger partial charge in [-0.2, -0.15) is 0 Å². The Kier molecular flexibility index (Phi) is 4.31. The number of ether oxygens (including phenoxy) is 1. The van der Waals surface area contributed by atoms with Crippen LogP contribution in [0.15, 0.2) is 17.6 Å². The van der Waals surface area contributed by atoms with Gasteiger partial charge in [0.05, 0.1) is 0 Å². The van der Waals surface area contributed by atoms with Crippen molar-refractivity contribution in [2.75, 3.05) is 0 Å². The van der Waals surface area contributed by atoms with E-state index in [9.17, 15) is 4.79 Å². The Hall–Kier alpha value is -1.12. The molecule has 0 unspecified atom stereocenters. The zero-order valence-corrected chi connectivity index (χ0v) is 15.0. The van der Waals surface area contributed by atoms with E-state index in [1.807, 2.05) is 20.8 Å². The van der Waals surface area contributed by atoms with Crippen LogP contribution in [0.4, 0.5) is 0 Å².